The molecule has 0 amide bonds. The van der Waals surface area contributed by atoms with Crippen LogP contribution in [0.25, 0.3) is 11.1 Å². The van der Waals surface area contributed by atoms with Crippen LogP contribution in [0.5, 0.6) is 5.75 Å². The fourth-order valence-electron chi connectivity index (χ4n) is 3.63. The molecule has 3 N–H and O–H groups in total. The highest BCUT2D eigenvalue weighted by atomic mass is 19.1. The second-order valence-corrected chi connectivity index (χ2v) is 7.82. The molecular formula is C25H25FN2O5. The van der Waals surface area contributed by atoms with Crippen molar-refractivity contribution < 1.29 is 29.2 Å². The molecule has 3 aromatic rings. The lowest BCUT2D eigenvalue weighted by Crippen LogP contribution is -2.29. The Morgan fingerprint density at radius 1 is 1.24 bits per heavy atom. The van der Waals surface area contributed by atoms with E-state index in [1.165, 1.54) is 12.3 Å². The van der Waals surface area contributed by atoms with E-state index < -0.39 is 30.2 Å². The summed E-state index contributed by atoms with van der Waals surface area (Å²) in [6.07, 6.45) is 1.29. The minimum Gasteiger partial charge on any atom is -0.485 e. The first kappa shape index (κ1) is 23.0. The number of halogens is 1. The van der Waals surface area contributed by atoms with Gasteiger partial charge < -0.3 is 29.4 Å². The first-order valence-electron chi connectivity index (χ1n) is 10.6. The maximum atomic E-state index is 14.8. The molecule has 1 aliphatic heterocycles. The van der Waals surface area contributed by atoms with E-state index in [4.69, 9.17) is 9.47 Å². The van der Waals surface area contributed by atoms with Gasteiger partial charge >= 0.3 is 0 Å². The minimum absolute atomic E-state index is 0.256. The van der Waals surface area contributed by atoms with Gasteiger partial charge in [0.2, 0.25) is 0 Å². The lowest BCUT2D eigenvalue weighted by Gasteiger charge is -2.15. The van der Waals surface area contributed by atoms with Gasteiger partial charge in [-0.05, 0) is 36.8 Å². The predicted octanol–water partition coefficient (Wildman–Crippen LogP) is 2.47. The van der Waals surface area contributed by atoms with Gasteiger partial charge in [0.15, 0.2) is 0 Å². The third-order valence-corrected chi connectivity index (χ3v) is 5.39. The summed E-state index contributed by atoms with van der Waals surface area (Å²) in [5.41, 5.74) is 1.56. The van der Waals surface area contributed by atoms with Crippen LogP contribution in [0.4, 0.5) is 4.39 Å². The van der Waals surface area contributed by atoms with Crippen molar-refractivity contribution in [2.24, 2.45) is 0 Å². The summed E-state index contributed by atoms with van der Waals surface area (Å²) in [5, 5.41) is 29.3. The van der Waals surface area contributed by atoms with Crippen molar-refractivity contribution in [2.45, 2.75) is 31.3 Å². The van der Waals surface area contributed by atoms with Crippen LogP contribution in [0, 0.1) is 17.7 Å². The van der Waals surface area contributed by atoms with Crippen molar-refractivity contribution in [1.82, 2.24) is 9.55 Å². The maximum absolute atomic E-state index is 14.8. The third kappa shape index (κ3) is 5.24. The van der Waals surface area contributed by atoms with Gasteiger partial charge in [-0.2, -0.15) is 0 Å². The molecule has 1 saturated heterocycles. The average molecular weight is 452 g/mol. The van der Waals surface area contributed by atoms with Crippen LogP contribution >= 0.6 is 0 Å². The maximum Gasteiger partial charge on any atom is 0.150 e. The lowest BCUT2D eigenvalue weighted by atomic mass is 10.0. The highest BCUT2D eigenvalue weighted by Crippen LogP contribution is 2.27. The van der Waals surface area contributed by atoms with E-state index >= 15 is 0 Å². The molecule has 0 spiro atoms. The Morgan fingerprint density at radius 2 is 2.03 bits per heavy atom. The number of aliphatic hydroxyl groups excluding tert-OH is 3. The number of aromatic nitrogens is 2. The molecule has 4 rings (SSSR count). The summed E-state index contributed by atoms with van der Waals surface area (Å²) in [5.74, 6) is 6.34. The number of imidazole rings is 1. The molecule has 7 nitrogen and oxygen atoms in total. The van der Waals surface area contributed by atoms with Crippen molar-refractivity contribution in [2.75, 3.05) is 19.8 Å². The van der Waals surface area contributed by atoms with Gasteiger partial charge in [-0.25, -0.2) is 9.37 Å². The van der Waals surface area contributed by atoms with E-state index in [9.17, 15) is 19.7 Å². The topological polar surface area (TPSA) is 97.0 Å². The van der Waals surface area contributed by atoms with Gasteiger partial charge in [0.25, 0.3) is 0 Å². The molecule has 172 valence electrons. The monoisotopic (exact) mass is 452 g/mol. The molecule has 33 heavy (non-hydrogen) atoms. The Hall–Kier alpha value is -3.22. The average Bonchev–Trinajstić information content (AvgIpc) is 3.45. The first-order valence-corrected chi connectivity index (χ1v) is 10.6. The van der Waals surface area contributed by atoms with Crippen molar-refractivity contribution in [3.63, 3.8) is 0 Å². The number of ether oxygens (including phenoxy) is 2. The Labute approximate surface area is 191 Å². The normalized spacial score (nSPS) is 19.5. The van der Waals surface area contributed by atoms with Crippen LogP contribution < -0.4 is 4.74 Å². The minimum atomic E-state index is -0.805. The Balaban J connectivity index is 1.49. The smallest absolute Gasteiger partial charge is 0.150 e. The zero-order valence-electron chi connectivity index (χ0n) is 18.1. The van der Waals surface area contributed by atoms with Crippen LogP contribution in [0.15, 0.2) is 54.9 Å². The second kappa shape index (κ2) is 10.1. The highest BCUT2D eigenvalue weighted by Gasteiger charge is 2.27. The van der Waals surface area contributed by atoms with Crippen LogP contribution in [0.3, 0.4) is 0 Å². The largest absolute Gasteiger partial charge is 0.485 e. The Bertz CT molecular complexity index is 1150. The molecular weight excluding hydrogens is 427 g/mol. The lowest BCUT2D eigenvalue weighted by molar-refractivity contribution is 0.0733. The molecule has 2 aromatic carbocycles. The van der Waals surface area contributed by atoms with E-state index in [1.807, 2.05) is 0 Å². The van der Waals surface area contributed by atoms with Crippen molar-refractivity contribution in [1.29, 1.82) is 0 Å². The van der Waals surface area contributed by atoms with Gasteiger partial charge in [0.1, 0.15) is 41.7 Å². The first-order chi connectivity index (χ1) is 16.0. The van der Waals surface area contributed by atoms with E-state index in [0.717, 1.165) is 0 Å². The van der Waals surface area contributed by atoms with Crippen molar-refractivity contribution in [3.05, 3.63) is 72.1 Å². The van der Waals surface area contributed by atoms with E-state index in [-0.39, 0.29) is 13.2 Å². The summed E-state index contributed by atoms with van der Waals surface area (Å²) in [7, 11) is 0. The third-order valence-electron chi connectivity index (χ3n) is 5.39. The van der Waals surface area contributed by atoms with Crippen LogP contribution in [0.1, 0.15) is 30.5 Å². The van der Waals surface area contributed by atoms with E-state index in [1.54, 1.807) is 54.1 Å². The fourth-order valence-corrected chi connectivity index (χ4v) is 3.63. The van der Waals surface area contributed by atoms with Gasteiger partial charge in [0, 0.05) is 23.5 Å². The highest BCUT2D eigenvalue weighted by molar-refractivity contribution is 5.66. The van der Waals surface area contributed by atoms with Crippen LogP contribution in [-0.4, -0.2) is 56.9 Å². The molecule has 1 fully saturated rings. The van der Waals surface area contributed by atoms with E-state index in [2.05, 4.69) is 16.8 Å². The van der Waals surface area contributed by atoms with Gasteiger partial charge in [-0.15, -0.1) is 0 Å². The number of benzene rings is 2. The fraction of sp³-hybridized carbons (Fsp3) is 0.320. The summed E-state index contributed by atoms with van der Waals surface area (Å²) in [6.45, 7) is 1.90. The van der Waals surface area contributed by atoms with Gasteiger partial charge in [-0.3, -0.25) is 0 Å². The van der Waals surface area contributed by atoms with Crippen molar-refractivity contribution >= 4 is 0 Å². The summed E-state index contributed by atoms with van der Waals surface area (Å²) >= 11 is 0. The van der Waals surface area contributed by atoms with Gasteiger partial charge in [0.05, 0.1) is 19.8 Å². The van der Waals surface area contributed by atoms with E-state index in [0.29, 0.717) is 34.9 Å². The Kier molecular flexibility index (Phi) is 7.06. The summed E-state index contributed by atoms with van der Waals surface area (Å²) in [4.78, 5) is 4.08. The number of rotatable bonds is 6. The molecule has 1 unspecified atom stereocenters. The number of aliphatic hydroxyl groups is 3. The molecule has 0 radical (unpaired) electrons. The quantitative estimate of drug-likeness (QED) is 0.498. The zero-order chi connectivity index (χ0) is 23.4. The zero-order valence-corrected chi connectivity index (χ0v) is 18.1. The number of hydrogen-bond donors (Lipinski definition) is 3. The van der Waals surface area contributed by atoms with Gasteiger partial charge in [-0.1, -0.05) is 30.0 Å². The number of hydrogen-bond acceptors (Lipinski definition) is 6. The van der Waals surface area contributed by atoms with Crippen molar-refractivity contribution in [3.8, 4) is 28.7 Å². The summed E-state index contributed by atoms with van der Waals surface area (Å²) < 4.78 is 27.3. The van der Waals surface area contributed by atoms with Crippen LogP contribution in [-0.2, 0) is 4.74 Å². The molecule has 4 atom stereocenters. The molecule has 2 heterocycles. The Morgan fingerprint density at radius 3 is 2.67 bits per heavy atom. The molecule has 0 bridgehead atoms. The summed E-state index contributed by atoms with van der Waals surface area (Å²) in [6, 6.07) is 11.0. The second-order valence-electron chi connectivity index (χ2n) is 7.82. The SMILES string of the molecule is C[C@H](O)c1nccn1[C@@H](C#Cc1ccc(-c2ccc(OC3COC[C@H]3O)cc2)c(F)c1)CO. The molecule has 0 saturated carbocycles. The van der Waals surface area contributed by atoms with Crippen LogP contribution in [0.2, 0.25) is 0 Å². The predicted molar refractivity (Wildman–Crippen MR) is 119 cm³/mol. The standard InChI is InChI=1S/C25H25FN2O5/c1-16(30)25-27-10-11-28(25)19(13-29)6-2-17-3-9-21(22(26)12-17)18-4-7-20(8-5-18)33-24-15-32-14-23(24)31/h3-5,7-12,16,19,23-24,29-31H,13-15H2,1H3/t16-,19-,23+,24?/m0/s1. The molecule has 8 heteroatoms. The molecule has 1 aromatic heterocycles. The number of nitrogens with zero attached hydrogens (tertiary/aromatic N) is 2. The molecule has 1 aliphatic rings. The molecule has 0 aliphatic carbocycles.